The molecule has 0 bridgehead atoms. The van der Waals surface area contributed by atoms with Crippen LogP contribution >= 0.6 is 24.0 Å². The first-order valence-electron chi connectivity index (χ1n) is 8.45. The van der Waals surface area contributed by atoms with Crippen molar-refractivity contribution in [3.8, 4) is 0 Å². The molecular weight excluding hydrogens is 374 g/mol. The Balaban J connectivity index is 1.92. The number of hydrogen-bond acceptors (Lipinski definition) is 6. The van der Waals surface area contributed by atoms with Gasteiger partial charge in [-0.3, -0.25) is 4.79 Å². The Morgan fingerprint density at radius 3 is 2.64 bits per heavy atom. The van der Waals surface area contributed by atoms with Crippen LogP contribution in [0.25, 0.3) is 0 Å². The lowest BCUT2D eigenvalue weighted by Crippen LogP contribution is -2.62. The van der Waals surface area contributed by atoms with Crippen LogP contribution in [-0.4, -0.2) is 53.9 Å². The number of β-lactam (4-membered cyclic amide) rings is 1. The number of thiocarbonyl (C=S) groups is 1. The molecule has 0 aromatic rings. The number of carbonyl (C=O) groups is 2. The first kappa shape index (κ1) is 20.6. The first-order chi connectivity index (χ1) is 11.5. The number of esters is 1. The van der Waals surface area contributed by atoms with Crippen molar-refractivity contribution in [3.63, 3.8) is 0 Å². The molecule has 2 rings (SSSR count). The van der Waals surface area contributed by atoms with E-state index in [0.717, 1.165) is 0 Å². The minimum Gasteiger partial charge on any atom is -0.460 e. The van der Waals surface area contributed by atoms with Crippen LogP contribution < -0.4 is 0 Å². The smallest absolute Gasteiger partial charge is 0.335 e. The molecule has 2 aliphatic heterocycles. The molecule has 2 saturated heterocycles. The van der Waals surface area contributed by atoms with Gasteiger partial charge in [-0.1, -0.05) is 57.4 Å². The van der Waals surface area contributed by atoms with Gasteiger partial charge in [-0.15, -0.1) is 0 Å². The second-order valence-electron chi connectivity index (χ2n) is 7.90. The second kappa shape index (κ2) is 7.50. The molecule has 2 fully saturated rings. The quantitative estimate of drug-likeness (QED) is 0.214. The Morgan fingerprint density at radius 2 is 2.08 bits per heavy atom. The van der Waals surface area contributed by atoms with E-state index in [1.807, 2.05) is 0 Å². The van der Waals surface area contributed by atoms with Crippen LogP contribution in [0.4, 0.5) is 0 Å². The van der Waals surface area contributed by atoms with Crippen LogP contribution in [0.1, 0.15) is 27.2 Å². The van der Waals surface area contributed by atoms with Gasteiger partial charge in [0.2, 0.25) is 5.91 Å². The fourth-order valence-electron chi connectivity index (χ4n) is 2.61. The largest absolute Gasteiger partial charge is 0.460 e. The number of thioether (sulfide) groups is 1. The van der Waals surface area contributed by atoms with E-state index in [9.17, 15) is 9.59 Å². The lowest BCUT2D eigenvalue weighted by Gasteiger charge is -2.44. The molecule has 0 aromatic heterocycles. The summed E-state index contributed by atoms with van der Waals surface area (Å²) in [5.74, 6) is -0.633. The Bertz CT molecular complexity index is 588. The van der Waals surface area contributed by atoms with Crippen molar-refractivity contribution in [2.75, 3.05) is 13.2 Å². The fraction of sp³-hybridized carbons (Fsp3) is 0.706. The lowest BCUT2D eigenvalue weighted by molar-refractivity contribution is -0.162. The summed E-state index contributed by atoms with van der Waals surface area (Å²) in [5.41, 5.74) is 0. The number of rotatable bonds is 7. The number of ether oxygens (including phenoxy) is 1. The molecule has 3 atom stereocenters. The third kappa shape index (κ3) is 4.02. The Morgan fingerprint density at radius 1 is 1.44 bits per heavy atom. The molecule has 25 heavy (non-hydrogen) atoms. The molecule has 8 heteroatoms. The van der Waals surface area contributed by atoms with Crippen LogP contribution in [0, 0.1) is 5.92 Å². The van der Waals surface area contributed by atoms with Crippen LogP contribution in [-0.2, 0) is 18.8 Å². The van der Waals surface area contributed by atoms with E-state index in [4.69, 9.17) is 21.4 Å². The van der Waals surface area contributed by atoms with Gasteiger partial charge in [-0.2, -0.15) is 0 Å². The molecular formula is C17H27NO4S2Si. The predicted molar refractivity (Wildman–Crippen MR) is 107 cm³/mol. The first-order valence-corrected chi connectivity index (χ1v) is 12.6. The monoisotopic (exact) mass is 401 g/mol. The van der Waals surface area contributed by atoms with E-state index in [0.29, 0.717) is 17.2 Å². The second-order valence-corrected chi connectivity index (χ2v) is 14.6. The van der Waals surface area contributed by atoms with Crippen molar-refractivity contribution < 1.29 is 18.8 Å². The van der Waals surface area contributed by atoms with E-state index in [-0.39, 0.29) is 28.8 Å². The summed E-state index contributed by atoms with van der Waals surface area (Å²) in [7, 11) is -1.82. The molecule has 5 nitrogen and oxygen atoms in total. The maximum absolute atomic E-state index is 12.5. The standard InChI is InChI=1S/C17H27NO4S2Si/c1-7-9-21-15(20)12-16(23)24-14-11(13(19)18(12)14)8-10-22-25(5,6)17(2,3)4/h7,11-12,14H,1,8-10H2,2-6H3/t11-,12-,14+/m0/s1. The molecule has 0 saturated carbocycles. The lowest BCUT2D eigenvalue weighted by atomic mass is 9.93. The summed E-state index contributed by atoms with van der Waals surface area (Å²) >= 11 is 6.73. The number of amides is 1. The van der Waals surface area contributed by atoms with Gasteiger partial charge in [-0.25, -0.2) is 4.79 Å². The predicted octanol–water partition coefficient (Wildman–Crippen LogP) is 3.35. The van der Waals surface area contributed by atoms with Gasteiger partial charge in [0.15, 0.2) is 14.4 Å². The zero-order valence-corrected chi connectivity index (χ0v) is 18.2. The molecule has 0 N–H and O–H groups in total. The molecule has 2 aliphatic rings. The third-order valence-electron chi connectivity index (χ3n) is 5.19. The van der Waals surface area contributed by atoms with Crippen molar-refractivity contribution in [3.05, 3.63) is 12.7 Å². The number of fused-ring (bicyclic) bond motifs is 1. The highest BCUT2D eigenvalue weighted by atomic mass is 32.2. The molecule has 0 radical (unpaired) electrons. The summed E-state index contributed by atoms with van der Waals surface area (Å²) < 4.78 is 11.8. The van der Waals surface area contributed by atoms with E-state index in [1.165, 1.54) is 17.8 Å². The summed E-state index contributed by atoms with van der Waals surface area (Å²) in [5, 5.41) is 0.0797. The van der Waals surface area contributed by atoms with Gasteiger partial charge >= 0.3 is 5.97 Å². The highest BCUT2D eigenvalue weighted by molar-refractivity contribution is 8.24. The van der Waals surface area contributed by atoms with Crippen LogP contribution in [0.2, 0.25) is 18.1 Å². The highest BCUT2D eigenvalue weighted by Gasteiger charge is 2.59. The fourth-order valence-corrected chi connectivity index (χ4v) is 5.51. The van der Waals surface area contributed by atoms with Crippen molar-refractivity contribution in [2.24, 2.45) is 5.92 Å². The van der Waals surface area contributed by atoms with Crippen molar-refractivity contribution in [1.29, 1.82) is 0 Å². The highest BCUT2D eigenvalue weighted by Crippen LogP contribution is 2.47. The summed E-state index contributed by atoms with van der Waals surface area (Å²) in [6, 6.07) is -0.741. The number of carbonyl (C=O) groups excluding carboxylic acids is 2. The van der Waals surface area contributed by atoms with E-state index < -0.39 is 20.3 Å². The van der Waals surface area contributed by atoms with Gasteiger partial charge in [0.05, 0.1) is 15.5 Å². The third-order valence-corrected chi connectivity index (χ3v) is 11.5. The number of hydrogen-bond donors (Lipinski definition) is 0. The van der Waals surface area contributed by atoms with E-state index in [2.05, 4.69) is 40.4 Å². The summed E-state index contributed by atoms with van der Waals surface area (Å²) in [6.07, 6.45) is 2.16. The molecule has 0 aliphatic carbocycles. The molecule has 140 valence electrons. The van der Waals surface area contributed by atoms with Crippen molar-refractivity contribution in [2.45, 2.75) is 56.7 Å². The normalized spacial score (nSPS) is 26.3. The van der Waals surface area contributed by atoms with Gasteiger partial charge in [0, 0.05) is 6.61 Å². The van der Waals surface area contributed by atoms with Crippen LogP contribution in [0.3, 0.4) is 0 Å². The summed E-state index contributed by atoms with van der Waals surface area (Å²) in [4.78, 5) is 26.2. The number of nitrogens with zero attached hydrogens (tertiary/aromatic N) is 1. The summed E-state index contributed by atoms with van der Waals surface area (Å²) in [6.45, 7) is 15.2. The maximum atomic E-state index is 12.5. The van der Waals surface area contributed by atoms with E-state index >= 15 is 0 Å². The van der Waals surface area contributed by atoms with Gasteiger partial charge in [0.25, 0.3) is 0 Å². The SMILES string of the molecule is C=CCOC(=O)[C@H]1C(=S)S[C@@H]2[C@@H](CCO[Si](C)(C)C(C)(C)C)C(=O)N12. The molecule has 0 aromatic carbocycles. The average Bonchev–Trinajstić information content (AvgIpc) is 2.81. The maximum Gasteiger partial charge on any atom is 0.335 e. The minimum atomic E-state index is -1.82. The zero-order valence-electron chi connectivity index (χ0n) is 15.5. The molecule has 0 spiro atoms. The van der Waals surface area contributed by atoms with Gasteiger partial charge in [0.1, 0.15) is 6.61 Å². The van der Waals surface area contributed by atoms with E-state index in [1.54, 1.807) is 4.90 Å². The Labute approximate surface area is 160 Å². The van der Waals surface area contributed by atoms with Crippen molar-refractivity contribution in [1.82, 2.24) is 4.90 Å². The average molecular weight is 402 g/mol. The zero-order chi connectivity index (χ0) is 19.0. The minimum absolute atomic E-state index is 0.0308. The van der Waals surface area contributed by atoms with Gasteiger partial charge in [-0.05, 0) is 24.6 Å². The Hall–Kier alpha value is -0.703. The topological polar surface area (TPSA) is 55.8 Å². The van der Waals surface area contributed by atoms with Crippen molar-refractivity contribution >= 4 is 48.4 Å². The van der Waals surface area contributed by atoms with Gasteiger partial charge < -0.3 is 14.1 Å². The van der Waals surface area contributed by atoms with Crippen LogP contribution in [0.15, 0.2) is 12.7 Å². The molecule has 0 unspecified atom stereocenters. The van der Waals surface area contributed by atoms with Crippen LogP contribution in [0.5, 0.6) is 0 Å². The Kier molecular flexibility index (Phi) is 6.18. The molecule has 2 heterocycles. The molecule has 1 amide bonds.